The second kappa shape index (κ2) is 10.6. The summed E-state index contributed by atoms with van der Waals surface area (Å²) in [5, 5.41) is 4.13. The lowest BCUT2D eigenvalue weighted by atomic mass is 9.82. The van der Waals surface area contributed by atoms with Crippen LogP contribution in [0, 0.1) is 11.8 Å². The fourth-order valence-corrected chi connectivity index (χ4v) is 5.37. The average Bonchev–Trinajstić information content (AvgIpc) is 3.37. The van der Waals surface area contributed by atoms with Crippen molar-refractivity contribution in [2.45, 2.75) is 30.8 Å². The van der Waals surface area contributed by atoms with Gasteiger partial charge in [-0.3, -0.25) is 0 Å². The number of hydrogen-bond acceptors (Lipinski definition) is 9. The van der Waals surface area contributed by atoms with Crippen molar-refractivity contribution in [1.29, 1.82) is 0 Å². The van der Waals surface area contributed by atoms with Gasteiger partial charge in [-0.1, -0.05) is 12.1 Å². The molecule has 4 rings (SSSR count). The highest BCUT2D eigenvalue weighted by atomic mass is 32.2. The fraction of sp³-hybridized carbons (Fsp3) is 0.458. The summed E-state index contributed by atoms with van der Waals surface area (Å²) < 4.78 is 37.3. The molecular formula is C24H31N5O5S. The lowest BCUT2D eigenvalue weighted by Crippen LogP contribution is -2.32. The van der Waals surface area contributed by atoms with E-state index in [0.717, 1.165) is 48.9 Å². The Labute approximate surface area is 205 Å². The predicted molar refractivity (Wildman–Crippen MR) is 133 cm³/mol. The molecule has 0 bridgehead atoms. The first kappa shape index (κ1) is 24.9. The summed E-state index contributed by atoms with van der Waals surface area (Å²) in [6.07, 6.45) is 3.81. The summed E-state index contributed by atoms with van der Waals surface area (Å²) in [6.45, 7) is 1.10. The van der Waals surface area contributed by atoms with Crippen LogP contribution in [0.25, 0.3) is 10.9 Å². The minimum absolute atomic E-state index is 0.144. The summed E-state index contributed by atoms with van der Waals surface area (Å²) in [5.74, 6) is 1.34. The number of benzene rings is 1. The molecule has 10 nitrogen and oxygen atoms in total. The van der Waals surface area contributed by atoms with E-state index in [1.807, 2.05) is 43.3 Å². The predicted octanol–water partition coefficient (Wildman–Crippen LogP) is 3.27. The maximum Gasteiger partial charge on any atom is 0.374 e. The lowest BCUT2D eigenvalue weighted by Gasteiger charge is -2.28. The van der Waals surface area contributed by atoms with Crippen molar-refractivity contribution in [3.8, 4) is 0 Å². The number of furan rings is 1. The number of esters is 1. The highest BCUT2D eigenvalue weighted by molar-refractivity contribution is 7.89. The van der Waals surface area contributed by atoms with E-state index in [0.29, 0.717) is 18.4 Å². The number of aromatic nitrogens is 2. The number of fused-ring (bicyclic) bond motifs is 1. The van der Waals surface area contributed by atoms with Crippen molar-refractivity contribution in [3.63, 3.8) is 0 Å². The van der Waals surface area contributed by atoms with Gasteiger partial charge in [0.25, 0.3) is 10.0 Å². The molecule has 2 N–H and O–H groups in total. The van der Waals surface area contributed by atoms with Crippen LogP contribution < -0.4 is 14.9 Å². The largest absolute Gasteiger partial charge is 0.463 e. The van der Waals surface area contributed by atoms with Crippen LogP contribution in [0.2, 0.25) is 0 Å². The van der Waals surface area contributed by atoms with E-state index >= 15 is 0 Å². The Kier molecular flexibility index (Phi) is 7.56. The second-order valence-corrected chi connectivity index (χ2v) is 10.7. The van der Waals surface area contributed by atoms with Crippen LogP contribution in [0.1, 0.15) is 36.2 Å². The molecule has 1 aliphatic rings. The molecule has 0 amide bonds. The third-order valence-corrected chi connectivity index (χ3v) is 7.61. The zero-order valence-corrected chi connectivity index (χ0v) is 21.0. The second-order valence-electron chi connectivity index (χ2n) is 9.01. The molecule has 0 radical (unpaired) electrons. The van der Waals surface area contributed by atoms with Crippen molar-refractivity contribution in [1.82, 2.24) is 14.7 Å². The third-order valence-electron chi connectivity index (χ3n) is 6.32. The number of nitrogens with zero attached hydrogens (tertiary/aromatic N) is 3. The SMILES string of the molecule is COC(=O)c1ccc(S(=O)(=O)NC[C@H]2CC[C@H](CNc3nc(N(C)C)c4ccccc4n3)CC2)o1. The summed E-state index contributed by atoms with van der Waals surface area (Å²) in [4.78, 5) is 22.8. The molecule has 2 aromatic heterocycles. The Hall–Kier alpha value is -3.18. The molecule has 35 heavy (non-hydrogen) atoms. The number of carbonyl (C=O) groups excluding carboxylic acids is 1. The number of carbonyl (C=O) groups is 1. The molecule has 2 heterocycles. The van der Waals surface area contributed by atoms with Crippen LogP contribution in [0.3, 0.4) is 0 Å². The number of methoxy groups -OCH3 is 1. The quantitative estimate of drug-likeness (QED) is 0.425. The summed E-state index contributed by atoms with van der Waals surface area (Å²) in [5.41, 5.74) is 0.903. The minimum Gasteiger partial charge on any atom is -0.463 e. The number of rotatable bonds is 9. The highest BCUT2D eigenvalue weighted by Gasteiger charge is 2.26. The maximum atomic E-state index is 12.5. The van der Waals surface area contributed by atoms with Gasteiger partial charge in [0.15, 0.2) is 0 Å². The Morgan fingerprint density at radius 1 is 1.06 bits per heavy atom. The van der Waals surface area contributed by atoms with Gasteiger partial charge in [0.2, 0.25) is 16.8 Å². The van der Waals surface area contributed by atoms with E-state index in [1.165, 1.54) is 19.2 Å². The molecule has 1 fully saturated rings. The smallest absolute Gasteiger partial charge is 0.374 e. The zero-order chi connectivity index (χ0) is 25.0. The van der Waals surface area contributed by atoms with Crippen molar-refractivity contribution in [2.24, 2.45) is 11.8 Å². The monoisotopic (exact) mass is 501 g/mol. The topological polar surface area (TPSA) is 127 Å². The summed E-state index contributed by atoms with van der Waals surface area (Å²) in [7, 11) is 1.32. The Morgan fingerprint density at radius 3 is 2.43 bits per heavy atom. The van der Waals surface area contributed by atoms with E-state index in [4.69, 9.17) is 9.40 Å². The molecule has 0 aliphatic heterocycles. The minimum atomic E-state index is -3.83. The van der Waals surface area contributed by atoms with E-state index in [9.17, 15) is 13.2 Å². The molecule has 188 valence electrons. The van der Waals surface area contributed by atoms with Crippen LogP contribution in [0.15, 0.2) is 45.9 Å². The van der Waals surface area contributed by atoms with E-state index in [1.54, 1.807) is 0 Å². The first-order chi connectivity index (χ1) is 16.8. The highest BCUT2D eigenvalue weighted by Crippen LogP contribution is 2.30. The van der Waals surface area contributed by atoms with Crippen LogP contribution in [0.5, 0.6) is 0 Å². The van der Waals surface area contributed by atoms with Crippen molar-refractivity contribution in [3.05, 3.63) is 42.2 Å². The standard InChI is InChI=1S/C24H31N5O5S/c1-29(2)22-18-6-4-5-7-19(18)27-24(28-22)25-14-16-8-10-17(11-9-16)15-26-35(31,32)21-13-12-20(34-21)23(30)33-3/h4-7,12-13,16-17,26H,8-11,14-15H2,1-3H3,(H,25,27,28)/t16-,17-. The van der Waals surface area contributed by atoms with E-state index < -0.39 is 16.0 Å². The first-order valence-corrected chi connectivity index (χ1v) is 13.1. The first-order valence-electron chi connectivity index (χ1n) is 11.6. The van der Waals surface area contributed by atoms with Gasteiger partial charge in [-0.25, -0.2) is 22.9 Å². The van der Waals surface area contributed by atoms with Gasteiger partial charge in [-0.05, 0) is 61.8 Å². The molecule has 1 aliphatic carbocycles. The maximum absolute atomic E-state index is 12.5. The number of ether oxygens (including phenoxy) is 1. The molecule has 0 saturated heterocycles. The lowest BCUT2D eigenvalue weighted by molar-refractivity contribution is 0.0559. The number of nitrogens with one attached hydrogen (secondary N) is 2. The van der Waals surface area contributed by atoms with Crippen LogP contribution in [-0.4, -0.2) is 58.6 Å². The summed E-state index contributed by atoms with van der Waals surface area (Å²) >= 11 is 0. The number of hydrogen-bond donors (Lipinski definition) is 2. The van der Waals surface area contributed by atoms with Gasteiger partial charge < -0.3 is 19.4 Å². The normalized spacial score (nSPS) is 18.4. The molecule has 11 heteroatoms. The van der Waals surface area contributed by atoms with Crippen molar-refractivity contribution < 1.29 is 22.4 Å². The van der Waals surface area contributed by atoms with Crippen LogP contribution in [0.4, 0.5) is 11.8 Å². The Balaban J connectivity index is 1.27. The molecule has 1 saturated carbocycles. The molecule has 1 aromatic carbocycles. The van der Waals surface area contributed by atoms with E-state index in [-0.39, 0.29) is 16.8 Å². The van der Waals surface area contributed by atoms with Gasteiger partial charge in [-0.15, -0.1) is 0 Å². The molecule has 0 atom stereocenters. The van der Waals surface area contributed by atoms with Crippen LogP contribution >= 0.6 is 0 Å². The van der Waals surface area contributed by atoms with Gasteiger partial charge >= 0.3 is 5.97 Å². The van der Waals surface area contributed by atoms with Gasteiger partial charge in [-0.2, -0.15) is 4.98 Å². The third kappa shape index (κ3) is 5.91. The van der Waals surface area contributed by atoms with Gasteiger partial charge in [0.1, 0.15) is 5.82 Å². The van der Waals surface area contributed by atoms with Crippen molar-refractivity contribution >= 4 is 38.7 Å². The van der Waals surface area contributed by atoms with Crippen LogP contribution in [-0.2, 0) is 14.8 Å². The number of para-hydroxylation sites is 1. The van der Waals surface area contributed by atoms with E-state index in [2.05, 4.69) is 19.8 Å². The van der Waals surface area contributed by atoms with Gasteiger partial charge in [0.05, 0.1) is 12.6 Å². The summed E-state index contributed by atoms with van der Waals surface area (Å²) in [6, 6.07) is 10.5. The Bertz CT molecular complexity index is 1280. The molecule has 0 spiro atoms. The fourth-order valence-electron chi connectivity index (χ4n) is 4.33. The molecule has 0 unspecified atom stereocenters. The van der Waals surface area contributed by atoms with Crippen molar-refractivity contribution in [2.75, 3.05) is 44.5 Å². The van der Waals surface area contributed by atoms with Gasteiger partial charge in [0, 0.05) is 32.6 Å². The molecular weight excluding hydrogens is 470 g/mol. The Morgan fingerprint density at radius 2 is 1.74 bits per heavy atom. The molecule has 3 aromatic rings. The average molecular weight is 502 g/mol. The number of sulfonamides is 1. The zero-order valence-electron chi connectivity index (χ0n) is 20.2. The number of anilines is 2.